The molecule has 348 valence electrons. The van der Waals surface area contributed by atoms with E-state index < -0.39 is 65.5 Å². The smallest absolute Gasteiger partial charge is 0.337 e. The first-order chi connectivity index (χ1) is 31.2. The standard InChI is InChI=1S/C49H60N4O12/c1-7-10-13-22-36(39(8-2)53(32-54)65-48(60)49(4,5)6)44(56)50-31-51-46(58)41-26-25-40(64-41)35-23-24-37(42(27-35)61-9-3)45(57)52-38(47(59)63-30-34-20-16-12-17-21-34)28-43(55)62-29-33-18-14-11-15-19-33/h11-12,14-21,23-27,32,36,38-39H,7-10,13,22,28-31H2,1-6H3,(H,50,56)(H,51,58)(H,52,57)/t36?,38?,39-/m1/s1. The van der Waals surface area contributed by atoms with E-state index in [1.54, 1.807) is 101 Å². The highest BCUT2D eigenvalue weighted by atomic mass is 16.7. The Balaban J connectivity index is 1.43. The van der Waals surface area contributed by atoms with E-state index in [9.17, 15) is 33.6 Å². The largest absolute Gasteiger partial charge is 0.493 e. The summed E-state index contributed by atoms with van der Waals surface area (Å²) in [5, 5.41) is 8.86. The number of hydrogen-bond acceptors (Lipinski definition) is 12. The lowest BCUT2D eigenvalue weighted by molar-refractivity contribution is -0.211. The minimum absolute atomic E-state index is 0.0251. The number of nitrogens with one attached hydrogen (secondary N) is 3. The van der Waals surface area contributed by atoms with Crippen LogP contribution in [0.4, 0.5) is 0 Å². The number of esters is 2. The van der Waals surface area contributed by atoms with Gasteiger partial charge in [0.15, 0.2) is 5.76 Å². The monoisotopic (exact) mass is 896 g/mol. The second-order valence-corrected chi connectivity index (χ2v) is 16.2. The molecule has 0 saturated carbocycles. The van der Waals surface area contributed by atoms with Gasteiger partial charge in [0.25, 0.3) is 11.8 Å². The van der Waals surface area contributed by atoms with Gasteiger partial charge in [-0.1, -0.05) is 99.8 Å². The number of hydrogen-bond donors (Lipinski definition) is 3. The molecule has 3 N–H and O–H groups in total. The highest BCUT2D eigenvalue weighted by molar-refractivity contribution is 6.00. The minimum Gasteiger partial charge on any atom is -0.493 e. The average Bonchev–Trinajstić information content (AvgIpc) is 3.80. The van der Waals surface area contributed by atoms with Gasteiger partial charge in [-0.05, 0) is 75.9 Å². The molecule has 1 heterocycles. The lowest BCUT2D eigenvalue weighted by atomic mass is 9.90. The number of carbonyl (C=O) groups excluding carboxylic acids is 7. The molecular formula is C49H60N4O12. The molecule has 0 spiro atoms. The number of hydroxylamine groups is 2. The van der Waals surface area contributed by atoms with Crippen LogP contribution in [0.1, 0.15) is 112 Å². The van der Waals surface area contributed by atoms with Crippen LogP contribution in [0, 0.1) is 11.3 Å². The molecule has 65 heavy (non-hydrogen) atoms. The minimum atomic E-state index is -1.40. The van der Waals surface area contributed by atoms with Crippen molar-refractivity contribution in [3.05, 3.63) is 113 Å². The molecule has 0 aliphatic carbocycles. The van der Waals surface area contributed by atoms with E-state index >= 15 is 0 Å². The number of nitrogens with zero attached hydrogens (tertiary/aromatic N) is 1. The third kappa shape index (κ3) is 15.7. The summed E-state index contributed by atoms with van der Waals surface area (Å²) in [7, 11) is 0. The van der Waals surface area contributed by atoms with E-state index in [-0.39, 0.29) is 49.3 Å². The molecule has 3 atom stereocenters. The predicted molar refractivity (Wildman–Crippen MR) is 239 cm³/mol. The Morgan fingerprint density at radius 1 is 0.785 bits per heavy atom. The molecule has 1 aromatic heterocycles. The summed E-state index contributed by atoms with van der Waals surface area (Å²) < 4.78 is 22.6. The molecule has 2 unspecified atom stereocenters. The van der Waals surface area contributed by atoms with Gasteiger partial charge < -0.3 is 39.4 Å². The van der Waals surface area contributed by atoms with Gasteiger partial charge in [-0.15, -0.1) is 0 Å². The van der Waals surface area contributed by atoms with E-state index in [0.717, 1.165) is 23.5 Å². The predicted octanol–water partition coefficient (Wildman–Crippen LogP) is 7.06. The van der Waals surface area contributed by atoms with E-state index in [1.165, 1.54) is 12.1 Å². The second kappa shape index (κ2) is 25.4. The number of ether oxygens (including phenoxy) is 3. The van der Waals surface area contributed by atoms with Crippen LogP contribution in [0.2, 0.25) is 0 Å². The molecule has 16 heteroatoms. The summed E-state index contributed by atoms with van der Waals surface area (Å²) in [5.41, 5.74) is 1.09. The van der Waals surface area contributed by atoms with Crippen LogP contribution in [0.5, 0.6) is 5.75 Å². The Morgan fingerprint density at radius 3 is 2.05 bits per heavy atom. The molecule has 0 aliphatic rings. The Bertz CT molecular complexity index is 2200. The van der Waals surface area contributed by atoms with E-state index in [1.807, 2.05) is 19.1 Å². The molecule has 0 bridgehead atoms. The van der Waals surface area contributed by atoms with E-state index in [0.29, 0.717) is 36.8 Å². The number of carbonyl (C=O) groups is 7. The lowest BCUT2D eigenvalue weighted by Crippen LogP contribution is -2.49. The summed E-state index contributed by atoms with van der Waals surface area (Å²) in [6.07, 6.45) is 3.10. The molecule has 4 aromatic rings. The van der Waals surface area contributed by atoms with Crippen molar-refractivity contribution in [3.8, 4) is 17.1 Å². The quantitative estimate of drug-likeness (QED) is 0.0201. The van der Waals surface area contributed by atoms with Crippen LogP contribution in [-0.2, 0) is 51.5 Å². The van der Waals surface area contributed by atoms with Gasteiger partial charge in [0.2, 0.25) is 12.3 Å². The summed E-state index contributed by atoms with van der Waals surface area (Å²) >= 11 is 0. The van der Waals surface area contributed by atoms with Crippen LogP contribution in [0.25, 0.3) is 11.3 Å². The number of benzene rings is 3. The van der Waals surface area contributed by atoms with Crippen LogP contribution in [0.3, 0.4) is 0 Å². The molecular weight excluding hydrogens is 837 g/mol. The topological polar surface area (TPSA) is 209 Å². The Kier molecular flexibility index (Phi) is 19.8. The zero-order chi connectivity index (χ0) is 47.4. The van der Waals surface area contributed by atoms with Gasteiger partial charge in [0.1, 0.15) is 30.8 Å². The highest BCUT2D eigenvalue weighted by Gasteiger charge is 2.36. The Morgan fingerprint density at radius 2 is 1.45 bits per heavy atom. The summed E-state index contributed by atoms with van der Waals surface area (Å²) in [6.45, 7) is 10.3. The van der Waals surface area contributed by atoms with Crippen molar-refractivity contribution < 1.29 is 57.0 Å². The molecule has 4 rings (SSSR count). The van der Waals surface area contributed by atoms with Crippen LogP contribution < -0.4 is 20.7 Å². The Labute approximate surface area is 379 Å². The fourth-order valence-corrected chi connectivity index (χ4v) is 6.56. The first-order valence-electron chi connectivity index (χ1n) is 21.8. The fourth-order valence-electron chi connectivity index (χ4n) is 6.56. The number of amides is 4. The number of rotatable bonds is 25. The van der Waals surface area contributed by atoms with Gasteiger partial charge in [0.05, 0.1) is 42.6 Å². The average molecular weight is 897 g/mol. The van der Waals surface area contributed by atoms with E-state index in [4.69, 9.17) is 23.5 Å². The zero-order valence-corrected chi connectivity index (χ0v) is 37.9. The van der Waals surface area contributed by atoms with Crippen LogP contribution >= 0.6 is 0 Å². The van der Waals surface area contributed by atoms with Crippen LogP contribution in [-0.4, -0.2) is 72.5 Å². The first kappa shape index (κ1) is 50.7. The highest BCUT2D eigenvalue weighted by Crippen LogP contribution is 2.30. The van der Waals surface area contributed by atoms with Gasteiger partial charge in [-0.25, -0.2) is 9.59 Å². The van der Waals surface area contributed by atoms with Crippen molar-refractivity contribution in [3.63, 3.8) is 0 Å². The second-order valence-electron chi connectivity index (χ2n) is 16.2. The zero-order valence-electron chi connectivity index (χ0n) is 37.9. The van der Waals surface area contributed by atoms with Crippen molar-refractivity contribution in [1.29, 1.82) is 0 Å². The molecule has 16 nitrogen and oxygen atoms in total. The van der Waals surface area contributed by atoms with Gasteiger partial charge >= 0.3 is 17.9 Å². The van der Waals surface area contributed by atoms with E-state index in [2.05, 4.69) is 16.0 Å². The third-order valence-corrected chi connectivity index (χ3v) is 10.1. The first-order valence-corrected chi connectivity index (χ1v) is 21.8. The summed E-state index contributed by atoms with van der Waals surface area (Å²) in [5.74, 6) is -4.38. The maximum atomic E-state index is 13.8. The Hall–Kier alpha value is -6.97. The molecule has 0 saturated heterocycles. The fraction of sp³-hybridized carbons (Fsp3) is 0.408. The van der Waals surface area contributed by atoms with Crippen molar-refractivity contribution in [1.82, 2.24) is 21.0 Å². The van der Waals surface area contributed by atoms with Crippen molar-refractivity contribution >= 4 is 42.0 Å². The molecule has 0 fully saturated rings. The third-order valence-electron chi connectivity index (χ3n) is 10.1. The van der Waals surface area contributed by atoms with Gasteiger partial charge in [0, 0.05) is 5.56 Å². The maximum Gasteiger partial charge on any atom is 0.337 e. The summed E-state index contributed by atoms with van der Waals surface area (Å²) in [6, 6.07) is 23.4. The van der Waals surface area contributed by atoms with Crippen molar-refractivity contribution in [2.24, 2.45) is 11.3 Å². The SMILES string of the molecule is CCCCCC(C(=O)NCNC(=O)c1ccc(-c2ccc(C(=O)NC(CC(=O)OCc3ccccc3)C(=O)OCc3ccccc3)c(OCC)c2)o1)[C@@H](CC)N(C=O)OC(=O)C(C)(C)C. The molecule has 0 radical (unpaired) electrons. The summed E-state index contributed by atoms with van der Waals surface area (Å²) in [4.78, 5) is 96.9. The molecule has 3 aromatic carbocycles. The number of unbranched alkanes of at least 4 members (excludes halogenated alkanes) is 2. The van der Waals surface area contributed by atoms with Gasteiger partial charge in [-0.2, -0.15) is 5.06 Å². The van der Waals surface area contributed by atoms with Gasteiger partial charge in [-0.3, -0.25) is 24.0 Å². The van der Waals surface area contributed by atoms with Crippen LogP contribution in [0.15, 0.2) is 95.4 Å². The molecule has 0 aliphatic heterocycles. The van der Waals surface area contributed by atoms with Crippen molar-refractivity contribution in [2.75, 3.05) is 13.3 Å². The number of furan rings is 1. The lowest BCUT2D eigenvalue weighted by Gasteiger charge is -2.33. The van der Waals surface area contributed by atoms with Crippen molar-refractivity contribution in [2.45, 2.75) is 105 Å². The normalized spacial score (nSPS) is 12.4. The maximum absolute atomic E-state index is 13.8. The molecule has 4 amide bonds.